The molecule has 3 rings (SSSR count). The van der Waals surface area contributed by atoms with E-state index in [1.165, 1.54) is 22.5 Å². The van der Waals surface area contributed by atoms with Gasteiger partial charge in [-0.15, -0.1) is 11.3 Å². The van der Waals surface area contributed by atoms with Gasteiger partial charge in [0.25, 0.3) is 0 Å². The molecule has 0 saturated heterocycles. The Kier molecular flexibility index (Phi) is 4.90. The average molecular weight is 363 g/mol. The van der Waals surface area contributed by atoms with E-state index in [0.717, 1.165) is 17.7 Å². The van der Waals surface area contributed by atoms with Crippen LogP contribution in [-0.4, -0.2) is 4.98 Å². The van der Waals surface area contributed by atoms with Crippen LogP contribution in [0.5, 0.6) is 0 Å². The minimum Gasteiger partial charge on any atom is -0.375 e. The number of aromatic nitrogens is 1. The Morgan fingerprint density at radius 3 is 2.43 bits per heavy atom. The molecule has 0 amide bonds. The highest BCUT2D eigenvalue weighted by molar-refractivity contribution is 7.13. The van der Waals surface area contributed by atoms with Gasteiger partial charge >= 0.3 is 0 Å². The molecule has 1 heterocycles. The molecule has 2 nitrogen and oxygen atoms in total. The van der Waals surface area contributed by atoms with E-state index in [1.54, 1.807) is 0 Å². The molecule has 23 heavy (non-hydrogen) atoms. The Morgan fingerprint density at radius 1 is 1.09 bits per heavy atom. The number of halogens is 2. The third-order valence-corrected chi connectivity index (χ3v) is 5.23. The molecule has 5 heteroatoms. The summed E-state index contributed by atoms with van der Waals surface area (Å²) in [5, 5.41) is 3.76. The Morgan fingerprint density at radius 2 is 1.83 bits per heavy atom. The van der Waals surface area contributed by atoms with E-state index in [0.29, 0.717) is 15.2 Å². The zero-order valence-corrected chi connectivity index (χ0v) is 14.9. The van der Waals surface area contributed by atoms with Gasteiger partial charge in [-0.2, -0.15) is 0 Å². The van der Waals surface area contributed by atoms with Gasteiger partial charge in [-0.3, -0.25) is 0 Å². The molecule has 118 valence electrons. The molecule has 0 radical (unpaired) electrons. The predicted octanol–water partition coefficient (Wildman–Crippen LogP) is 5.72. The first-order valence-corrected chi connectivity index (χ1v) is 8.88. The zero-order chi connectivity index (χ0) is 16.4. The summed E-state index contributed by atoms with van der Waals surface area (Å²) in [5.74, 6) is 0.140. The van der Waals surface area contributed by atoms with Gasteiger partial charge < -0.3 is 5.73 Å². The molecule has 3 aromatic rings. The summed E-state index contributed by atoms with van der Waals surface area (Å²) in [6.45, 7) is 2.08. The number of hydrogen-bond acceptors (Lipinski definition) is 3. The molecule has 0 spiro atoms. The SMILES string of the molecule is Cc1ccc(C(Cc2ccc(Cl)c(Cl)c2)c2csc(N)n2)cc1. The fourth-order valence-corrected chi connectivity index (χ4v) is 3.49. The quantitative estimate of drug-likeness (QED) is 0.644. The van der Waals surface area contributed by atoms with Crippen molar-refractivity contribution < 1.29 is 0 Å². The summed E-state index contributed by atoms with van der Waals surface area (Å²) < 4.78 is 0. The average Bonchev–Trinajstić information content (AvgIpc) is 2.96. The van der Waals surface area contributed by atoms with Crippen LogP contribution in [-0.2, 0) is 6.42 Å². The van der Waals surface area contributed by atoms with E-state index in [4.69, 9.17) is 28.9 Å². The Balaban J connectivity index is 1.97. The lowest BCUT2D eigenvalue weighted by molar-refractivity contribution is 0.782. The van der Waals surface area contributed by atoms with Crippen LogP contribution in [0.15, 0.2) is 47.8 Å². The third kappa shape index (κ3) is 3.86. The van der Waals surface area contributed by atoms with Gasteiger partial charge in [0.15, 0.2) is 5.13 Å². The predicted molar refractivity (Wildman–Crippen MR) is 99.7 cm³/mol. The molecular weight excluding hydrogens is 347 g/mol. The van der Waals surface area contributed by atoms with Gasteiger partial charge in [0, 0.05) is 11.3 Å². The van der Waals surface area contributed by atoms with Gasteiger partial charge in [-0.1, -0.05) is 59.1 Å². The number of aryl methyl sites for hydroxylation is 1. The smallest absolute Gasteiger partial charge is 0.180 e. The second-order valence-electron chi connectivity index (χ2n) is 5.53. The van der Waals surface area contributed by atoms with E-state index in [1.807, 2.05) is 23.6 Å². The summed E-state index contributed by atoms with van der Waals surface area (Å²) >= 11 is 13.6. The van der Waals surface area contributed by atoms with E-state index in [9.17, 15) is 0 Å². The largest absolute Gasteiger partial charge is 0.375 e. The number of nitrogens with zero attached hydrogens (tertiary/aromatic N) is 1. The summed E-state index contributed by atoms with van der Waals surface area (Å²) in [6.07, 6.45) is 0.795. The maximum atomic E-state index is 6.15. The summed E-state index contributed by atoms with van der Waals surface area (Å²) in [4.78, 5) is 4.48. The highest BCUT2D eigenvalue weighted by atomic mass is 35.5. The van der Waals surface area contributed by atoms with Crippen LogP contribution in [0.3, 0.4) is 0 Å². The second kappa shape index (κ2) is 6.91. The van der Waals surface area contributed by atoms with Gasteiger partial charge in [0.2, 0.25) is 0 Å². The topological polar surface area (TPSA) is 38.9 Å². The minimum absolute atomic E-state index is 0.140. The number of rotatable bonds is 4. The van der Waals surface area contributed by atoms with Crippen LogP contribution >= 0.6 is 34.5 Å². The number of nitrogen functional groups attached to an aromatic ring is 1. The number of hydrogen-bond donors (Lipinski definition) is 1. The van der Waals surface area contributed by atoms with E-state index >= 15 is 0 Å². The van der Waals surface area contributed by atoms with Gasteiger partial charge in [-0.25, -0.2) is 4.98 Å². The van der Waals surface area contributed by atoms with E-state index in [-0.39, 0.29) is 5.92 Å². The van der Waals surface area contributed by atoms with Gasteiger partial charge in [0.05, 0.1) is 15.7 Å². The molecule has 0 bridgehead atoms. The Bertz CT molecular complexity index is 812. The van der Waals surface area contributed by atoms with Crippen LogP contribution in [0.4, 0.5) is 5.13 Å². The molecule has 1 aromatic heterocycles. The van der Waals surface area contributed by atoms with Crippen molar-refractivity contribution in [2.75, 3.05) is 5.73 Å². The molecule has 1 unspecified atom stereocenters. The third-order valence-electron chi connectivity index (χ3n) is 3.80. The molecule has 1 atom stereocenters. The van der Waals surface area contributed by atoms with Gasteiger partial charge in [0.1, 0.15) is 0 Å². The molecule has 0 aliphatic heterocycles. The highest BCUT2D eigenvalue weighted by Crippen LogP contribution is 2.32. The monoisotopic (exact) mass is 362 g/mol. The van der Waals surface area contributed by atoms with Crippen molar-refractivity contribution in [2.45, 2.75) is 19.3 Å². The van der Waals surface area contributed by atoms with E-state index < -0.39 is 0 Å². The van der Waals surface area contributed by atoms with Crippen molar-refractivity contribution in [1.29, 1.82) is 0 Å². The lowest BCUT2D eigenvalue weighted by Crippen LogP contribution is -2.06. The van der Waals surface area contributed by atoms with Crippen molar-refractivity contribution >= 4 is 39.7 Å². The van der Waals surface area contributed by atoms with Gasteiger partial charge in [-0.05, 0) is 36.6 Å². The molecule has 0 aliphatic rings. The van der Waals surface area contributed by atoms with Crippen molar-refractivity contribution in [3.05, 3.63) is 80.3 Å². The zero-order valence-electron chi connectivity index (χ0n) is 12.6. The molecule has 2 aromatic carbocycles. The molecule has 0 aliphatic carbocycles. The minimum atomic E-state index is 0.140. The van der Waals surface area contributed by atoms with Crippen molar-refractivity contribution in [1.82, 2.24) is 4.98 Å². The second-order valence-corrected chi connectivity index (χ2v) is 7.23. The van der Waals surface area contributed by atoms with Crippen molar-refractivity contribution in [3.8, 4) is 0 Å². The summed E-state index contributed by atoms with van der Waals surface area (Å²) in [7, 11) is 0. The normalized spacial score (nSPS) is 12.3. The maximum Gasteiger partial charge on any atom is 0.180 e. The highest BCUT2D eigenvalue weighted by Gasteiger charge is 2.18. The fraction of sp³-hybridized carbons (Fsp3) is 0.167. The Hall–Kier alpha value is -1.55. The van der Waals surface area contributed by atoms with Crippen LogP contribution in [0.1, 0.15) is 28.3 Å². The van der Waals surface area contributed by atoms with E-state index in [2.05, 4.69) is 36.2 Å². The molecule has 2 N–H and O–H groups in total. The van der Waals surface area contributed by atoms with Crippen LogP contribution in [0.2, 0.25) is 10.0 Å². The molecular formula is C18H16Cl2N2S. The maximum absolute atomic E-state index is 6.15. The first kappa shape index (κ1) is 16.3. The van der Waals surface area contributed by atoms with Crippen LogP contribution in [0.25, 0.3) is 0 Å². The van der Waals surface area contributed by atoms with Crippen molar-refractivity contribution in [2.24, 2.45) is 0 Å². The number of anilines is 1. The van der Waals surface area contributed by atoms with Crippen LogP contribution in [0, 0.1) is 6.92 Å². The lowest BCUT2D eigenvalue weighted by Gasteiger charge is -2.16. The number of nitrogens with two attached hydrogens (primary N) is 1. The molecule has 0 fully saturated rings. The number of benzene rings is 2. The first-order valence-electron chi connectivity index (χ1n) is 7.24. The standard InChI is InChI=1S/C18H16Cl2N2S/c1-11-2-5-13(6-3-11)14(17-10-23-18(21)22-17)8-12-4-7-15(19)16(20)9-12/h2-7,9-10,14H,8H2,1H3,(H2,21,22). The molecule has 0 saturated carbocycles. The lowest BCUT2D eigenvalue weighted by atomic mass is 9.89. The first-order chi connectivity index (χ1) is 11.0. The summed E-state index contributed by atoms with van der Waals surface area (Å²) in [6, 6.07) is 14.3. The Labute approximate surface area is 149 Å². The van der Waals surface area contributed by atoms with Crippen molar-refractivity contribution in [3.63, 3.8) is 0 Å². The number of thiazole rings is 1. The summed E-state index contributed by atoms with van der Waals surface area (Å²) in [5.41, 5.74) is 10.4. The van der Waals surface area contributed by atoms with Crippen LogP contribution < -0.4 is 5.73 Å². The fourth-order valence-electron chi connectivity index (χ4n) is 2.55.